The Hall–Kier alpha value is -2.12. The van der Waals surface area contributed by atoms with Crippen molar-refractivity contribution in [1.29, 1.82) is 0 Å². The van der Waals surface area contributed by atoms with Crippen molar-refractivity contribution >= 4 is 52.4 Å². The molecule has 2 aromatic rings. The molecule has 0 radical (unpaired) electrons. The van der Waals surface area contributed by atoms with E-state index in [1.54, 1.807) is 12.1 Å². The first kappa shape index (κ1) is 14.8. The zero-order chi connectivity index (χ0) is 15.5. The molecular weight excluding hydrogens is 318 g/mol. The number of aromatic nitrogens is 1. The van der Waals surface area contributed by atoms with Crippen LogP contribution in [0.15, 0.2) is 34.6 Å². The molecule has 1 aliphatic heterocycles. The fourth-order valence-corrected chi connectivity index (χ4v) is 3.33. The molecule has 0 atom stereocenters. The molecule has 5 nitrogen and oxygen atoms in total. The third kappa shape index (κ3) is 3.55. The number of fused-ring (bicyclic) bond motifs is 1. The summed E-state index contributed by atoms with van der Waals surface area (Å²) in [7, 11) is 0. The SMILES string of the molecule is Cc1nc(/C=C/C(=O)Nc2ccc3c(c2)NC(=O)CS3)cs1. The van der Waals surface area contributed by atoms with Crippen LogP contribution in [0.4, 0.5) is 11.4 Å². The summed E-state index contributed by atoms with van der Waals surface area (Å²) in [6.07, 6.45) is 3.12. The molecule has 0 bridgehead atoms. The number of anilines is 2. The number of thioether (sulfide) groups is 1. The number of rotatable bonds is 3. The van der Waals surface area contributed by atoms with Crippen LogP contribution >= 0.6 is 23.1 Å². The van der Waals surface area contributed by atoms with Crippen molar-refractivity contribution in [2.24, 2.45) is 0 Å². The molecule has 1 aromatic carbocycles. The van der Waals surface area contributed by atoms with Crippen LogP contribution in [0.25, 0.3) is 6.08 Å². The minimum Gasteiger partial charge on any atom is -0.324 e. The van der Waals surface area contributed by atoms with Gasteiger partial charge in [0.15, 0.2) is 0 Å². The predicted molar refractivity (Wildman–Crippen MR) is 90.3 cm³/mol. The molecule has 0 aliphatic carbocycles. The molecule has 0 fully saturated rings. The number of hydrogen-bond donors (Lipinski definition) is 2. The van der Waals surface area contributed by atoms with Gasteiger partial charge in [0.1, 0.15) is 0 Å². The Morgan fingerprint density at radius 1 is 1.45 bits per heavy atom. The number of carbonyl (C=O) groups is 2. The molecular formula is C15H13N3O2S2. The van der Waals surface area contributed by atoms with Crippen LogP contribution in [-0.2, 0) is 9.59 Å². The van der Waals surface area contributed by atoms with E-state index in [9.17, 15) is 9.59 Å². The second-order valence-corrected chi connectivity index (χ2v) is 6.74. The lowest BCUT2D eigenvalue weighted by atomic mass is 10.2. The molecule has 2 heterocycles. The Balaban J connectivity index is 1.68. The highest BCUT2D eigenvalue weighted by atomic mass is 32.2. The van der Waals surface area contributed by atoms with E-state index in [1.807, 2.05) is 24.4 Å². The summed E-state index contributed by atoms with van der Waals surface area (Å²) in [5, 5.41) is 8.42. The van der Waals surface area contributed by atoms with Crippen molar-refractivity contribution < 1.29 is 9.59 Å². The zero-order valence-electron chi connectivity index (χ0n) is 11.8. The van der Waals surface area contributed by atoms with E-state index in [2.05, 4.69) is 15.6 Å². The van der Waals surface area contributed by atoms with E-state index in [4.69, 9.17) is 0 Å². The summed E-state index contributed by atoms with van der Waals surface area (Å²) in [4.78, 5) is 28.6. The molecule has 0 unspecified atom stereocenters. The average Bonchev–Trinajstić information content (AvgIpc) is 2.90. The third-order valence-corrected chi connectivity index (χ3v) is 4.79. The van der Waals surface area contributed by atoms with Crippen LogP contribution in [0.2, 0.25) is 0 Å². The first-order valence-corrected chi connectivity index (χ1v) is 8.44. The fraction of sp³-hybridized carbons (Fsp3) is 0.133. The second-order valence-electron chi connectivity index (χ2n) is 4.66. The van der Waals surface area contributed by atoms with Gasteiger partial charge in [-0.05, 0) is 31.2 Å². The number of nitrogens with zero attached hydrogens (tertiary/aromatic N) is 1. The number of benzene rings is 1. The van der Waals surface area contributed by atoms with Crippen LogP contribution in [0.5, 0.6) is 0 Å². The number of carbonyl (C=O) groups excluding carboxylic acids is 2. The van der Waals surface area contributed by atoms with Gasteiger partial charge in [0.2, 0.25) is 11.8 Å². The van der Waals surface area contributed by atoms with Gasteiger partial charge in [-0.1, -0.05) is 0 Å². The maximum atomic E-state index is 11.9. The fourth-order valence-electron chi connectivity index (χ4n) is 1.96. The molecule has 1 aromatic heterocycles. The van der Waals surface area contributed by atoms with Gasteiger partial charge in [-0.25, -0.2) is 4.98 Å². The van der Waals surface area contributed by atoms with Gasteiger partial charge in [-0.15, -0.1) is 23.1 Å². The maximum Gasteiger partial charge on any atom is 0.248 e. The topological polar surface area (TPSA) is 71.1 Å². The molecule has 3 rings (SSSR count). The molecule has 2 N–H and O–H groups in total. The molecule has 112 valence electrons. The van der Waals surface area contributed by atoms with Crippen LogP contribution in [0.3, 0.4) is 0 Å². The van der Waals surface area contributed by atoms with E-state index in [0.717, 1.165) is 21.3 Å². The molecule has 2 amide bonds. The lowest BCUT2D eigenvalue weighted by Gasteiger charge is -2.17. The monoisotopic (exact) mass is 331 g/mol. The smallest absolute Gasteiger partial charge is 0.248 e. The van der Waals surface area contributed by atoms with Crippen molar-refractivity contribution in [3.63, 3.8) is 0 Å². The van der Waals surface area contributed by atoms with E-state index in [-0.39, 0.29) is 11.8 Å². The third-order valence-electron chi connectivity index (χ3n) is 2.92. The summed E-state index contributed by atoms with van der Waals surface area (Å²) in [6.45, 7) is 1.92. The highest BCUT2D eigenvalue weighted by molar-refractivity contribution is 8.00. The van der Waals surface area contributed by atoms with E-state index < -0.39 is 0 Å². The van der Waals surface area contributed by atoms with Crippen LogP contribution in [0.1, 0.15) is 10.7 Å². The number of amides is 2. The number of aryl methyl sites for hydroxylation is 1. The molecule has 7 heteroatoms. The van der Waals surface area contributed by atoms with Crippen molar-refractivity contribution in [3.05, 3.63) is 40.4 Å². The Kier molecular flexibility index (Phi) is 4.26. The summed E-state index contributed by atoms with van der Waals surface area (Å²) >= 11 is 3.03. The lowest BCUT2D eigenvalue weighted by Crippen LogP contribution is -2.19. The Bertz CT molecular complexity index is 768. The minimum absolute atomic E-state index is 0.0280. The van der Waals surface area contributed by atoms with Gasteiger partial charge in [-0.2, -0.15) is 0 Å². The number of thiazole rings is 1. The normalized spacial score (nSPS) is 13.8. The van der Waals surface area contributed by atoms with Crippen molar-refractivity contribution in [1.82, 2.24) is 4.98 Å². The molecule has 1 aliphatic rings. The highest BCUT2D eigenvalue weighted by Gasteiger charge is 2.15. The van der Waals surface area contributed by atoms with Crippen molar-refractivity contribution in [2.45, 2.75) is 11.8 Å². The molecule has 22 heavy (non-hydrogen) atoms. The van der Waals surface area contributed by atoms with E-state index in [1.165, 1.54) is 29.2 Å². The van der Waals surface area contributed by atoms with Crippen molar-refractivity contribution in [3.8, 4) is 0 Å². The highest BCUT2D eigenvalue weighted by Crippen LogP contribution is 2.33. The number of hydrogen-bond acceptors (Lipinski definition) is 5. The van der Waals surface area contributed by atoms with Gasteiger partial charge in [0.25, 0.3) is 0 Å². The first-order valence-electron chi connectivity index (χ1n) is 6.58. The van der Waals surface area contributed by atoms with E-state index in [0.29, 0.717) is 11.4 Å². The van der Waals surface area contributed by atoms with Gasteiger partial charge < -0.3 is 10.6 Å². The molecule has 0 saturated carbocycles. The van der Waals surface area contributed by atoms with Crippen molar-refractivity contribution in [2.75, 3.05) is 16.4 Å². The largest absolute Gasteiger partial charge is 0.324 e. The Morgan fingerprint density at radius 2 is 2.32 bits per heavy atom. The van der Waals surface area contributed by atoms with Crippen LogP contribution in [-0.4, -0.2) is 22.6 Å². The summed E-state index contributed by atoms with van der Waals surface area (Å²) in [5.74, 6) is 0.161. The zero-order valence-corrected chi connectivity index (χ0v) is 13.4. The second kappa shape index (κ2) is 6.33. The van der Waals surface area contributed by atoms with Gasteiger partial charge in [0, 0.05) is 22.0 Å². The van der Waals surface area contributed by atoms with Gasteiger partial charge in [-0.3, -0.25) is 9.59 Å². The summed E-state index contributed by atoms with van der Waals surface area (Å²) in [6, 6.07) is 5.47. The lowest BCUT2D eigenvalue weighted by molar-refractivity contribution is -0.114. The van der Waals surface area contributed by atoms with Gasteiger partial charge >= 0.3 is 0 Å². The molecule has 0 spiro atoms. The maximum absolute atomic E-state index is 11.9. The predicted octanol–water partition coefficient (Wildman–Crippen LogP) is 3.15. The quantitative estimate of drug-likeness (QED) is 0.848. The first-order chi connectivity index (χ1) is 10.6. The van der Waals surface area contributed by atoms with Crippen LogP contribution < -0.4 is 10.6 Å². The Morgan fingerprint density at radius 3 is 3.09 bits per heavy atom. The summed E-state index contributed by atoms with van der Waals surface area (Å²) < 4.78 is 0. The Labute approximate surface area is 135 Å². The standard InChI is InChI=1S/C15H13N3O2S2/c1-9-16-11(7-21-9)3-5-14(19)17-10-2-4-13-12(6-10)18-15(20)8-22-13/h2-7H,8H2,1H3,(H,17,19)(H,18,20)/b5-3+. The summed E-state index contributed by atoms with van der Waals surface area (Å²) in [5.41, 5.74) is 2.15. The minimum atomic E-state index is -0.236. The van der Waals surface area contributed by atoms with Gasteiger partial charge in [0.05, 0.1) is 22.1 Å². The van der Waals surface area contributed by atoms with Crippen LogP contribution in [0, 0.1) is 6.92 Å². The molecule has 0 saturated heterocycles. The van der Waals surface area contributed by atoms with E-state index >= 15 is 0 Å². The average molecular weight is 331 g/mol. The number of nitrogens with one attached hydrogen (secondary N) is 2.